The van der Waals surface area contributed by atoms with Crippen LogP contribution in [0.5, 0.6) is 5.75 Å². The van der Waals surface area contributed by atoms with Crippen LogP contribution in [0.15, 0.2) is 35.9 Å². The number of ether oxygens (including phenoxy) is 3. The molecule has 4 aliphatic carbocycles. The minimum atomic E-state index is -0.338. The second-order valence-corrected chi connectivity index (χ2v) is 17.0. The van der Waals surface area contributed by atoms with E-state index in [0.29, 0.717) is 48.1 Å². The fourth-order valence-electron chi connectivity index (χ4n) is 11.9. The van der Waals surface area contributed by atoms with Crippen molar-refractivity contribution in [2.45, 2.75) is 110 Å². The van der Waals surface area contributed by atoms with Gasteiger partial charge in [0.1, 0.15) is 11.9 Å². The van der Waals surface area contributed by atoms with Crippen LogP contribution in [0, 0.1) is 46.3 Å². The highest BCUT2D eigenvalue weighted by atomic mass is 16.7. The number of rotatable bonds is 3. The van der Waals surface area contributed by atoms with Gasteiger partial charge >= 0.3 is 6.09 Å². The van der Waals surface area contributed by atoms with Crippen molar-refractivity contribution in [2.24, 2.45) is 46.3 Å². The molecular weight excluding hydrogens is 576 g/mol. The molecule has 8 rings (SSSR count). The van der Waals surface area contributed by atoms with E-state index in [1.54, 1.807) is 17.7 Å². The highest BCUT2D eigenvalue weighted by Crippen LogP contribution is 2.70. The van der Waals surface area contributed by atoms with Crippen LogP contribution < -0.4 is 0 Å². The lowest BCUT2D eigenvalue weighted by Crippen LogP contribution is -2.53. The monoisotopic (exact) mass is 632 g/mol. The zero-order chi connectivity index (χ0) is 31.8. The minimum Gasteiger partial charge on any atom is -0.508 e. The average molecular weight is 633 g/mol. The lowest BCUT2D eigenvalue weighted by atomic mass is 9.47. The largest absolute Gasteiger partial charge is 0.508 e. The summed E-state index contributed by atoms with van der Waals surface area (Å²) < 4.78 is 19.7. The van der Waals surface area contributed by atoms with Gasteiger partial charge in [-0.25, -0.2) is 4.79 Å². The Morgan fingerprint density at radius 2 is 1.78 bits per heavy atom. The Morgan fingerprint density at radius 3 is 2.52 bits per heavy atom. The Morgan fingerprint density at radius 1 is 1.00 bits per heavy atom. The molecule has 3 aliphatic heterocycles. The summed E-state index contributed by atoms with van der Waals surface area (Å²) in [5.41, 5.74) is 3.30. The van der Waals surface area contributed by atoms with E-state index in [-0.39, 0.29) is 23.4 Å². The van der Waals surface area contributed by atoms with Gasteiger partial charge in [0.25, 0.3) is 0 Å². The predicted octanol–water partition coefficient (Wildman–Crippen LogP) is 7.38. The molecule has 0 bridgehead atoms. The maximum atomic E-state index is 13.3. The number of allylic oxidation sites excluding steroid dienone is 1. The van der Waals surface area contributed by atoms with Crippen molar-refractivity contribution in [3.63, 3.8) is 0 Å². The number of fused-ring (bicyclic) bond motifs is 7. The van der Waals surface area contributed by atoms with Crippen molar-refractivity contribution >= 4 is 6.09 Å². The third-order valence-corrected chi connectivity index (χ3v) is 14.6. The van der Waals surface area contributed by atoms with Crippen LogP contribution >= 0.6 is 0 Å². The van der Waals surface area contributed by atoms with Crippen molar-refractivity contribution in [3.05, 3.63) is 41.5 Å². The van der Waals surface area contributed by atoms with E-state index < -0.39 is 0 Å². The molecule has 1 amide bonds. The molecule has 1 aromatic carbocycles. The molecule has 0 radical (unpaired) electrons. The van der Waals surface area contributed by atoms with E-state index in [4.69, 9.17) is 14.2 Å². The normalized spacial score (nSPS) is 45.4. The van der Waals surface area contributed by atoms with E-state index in [1.807, 2.05) is 17.0 Å². The van der Waals surface area contributed by atoms with Crippen molar-refractivity contribution in [1.29, 1.82) is 0 Å². The first-order valence-electron chi connectivity index (χ1n) is 18.5. The maximum Gasteiger partial charge on any atom is 0.410 e. The number of benzene rings is 1. The summed E-state index contributed by atoms with van der Waals surface area (Å²) in [4.78, 5) is 17.5. The van der Waals surface area contributed by atoms with Gasteiger partial charge in [0.05, 0.1) is 12.7 Å². The summed E-state index contributed by atoms with van der Waals surface area (Å²) in [5, 5.41) is 9.56. The Kier molecular flexibility index (Phi) is 7.81. The lowest BCUT2D eigenvalue weighted by molar-refractivity contribution is -0.272. The number of carbonyl (C=O) groups is 1. The number of phenols is 1. The maximum absolute atomic E-state index is 13.3. The Balaban J connectivity index is 0.880. The Labute approximate surface area is 276 Å². The number of piperazine rings is 1. The summed E-state index contributed by atoms with van der Waals surface area (Å²) in [5.74, 6) is 3.85. The Bertz CT molecular complexity index is 1330. The van der Waals surface area contributed by atoms with E-state index in [2.05, 4.69) is 38.7 Å². The van der Waals surface area contributed by atoms with Crippen molar-refractivity contribution in [2.75, 3.05) is 32.8 Å². The number of hydrogen-bond donors (Lipinski definition) is 1. The fourth-order valence-corrected chi connectivity index (χ4v) is 11.9. The quantitative estimate of drug-likeness (QED) is 0.351. The summed E-state index contributed by atoms with van der Waals surface area (Å²) >= 11 is 0. The van der Waals surface area contributed by atoms with Gasteiger partial charge in [-0.2, -0.15) is 0 Å². The molecule has 0 unspecified atom stereocenters. The molecule has 252 valence electrons. The number of phenolic OH excluding ortho intramolecular Hbond substituents is 1. The van der Waals surface area contributed by atoms with E-state index in [9.17, 15) is 9.90 Å². The van der Waals surface area contributed by atoms with E-state index in [0.717, 1.165) is 69.7 Å². The van der Waals surface area contributed by atoms with Gasteiger partial charge in [0, 0.05) is 51.5 Å². The molecule has 1 aromatic rings. The van der Waals surface area contributed by atoms with Gasteiger partial charge in [-0.15, -0.1) is 0 Å². The molecule has 3 saturated carbocycles. The van der Waals surface area contributed by atoms with Crippen LogP contribution in [0.1, 0.15) is 91.0 Å². The van der Waals surface area contributed by atoms with Gasteiger partial charge in [-0.1, -0.05) is 51.5 Å². The highest BCUT2D eigenvalue weighted by molar-refractivity contribution is 5.68. The summed E-state index contributed by atoms with van der Waals surface area (Å²) in [6, 6.07) is 7.41. The van der Waals surface area contributed by atoms with Crippen LogP contribution in [0.25, 0.3) is 0 Å². The summed E-state index contributed by atoms with van der Waals surface area (Å²) in [6.45, 7) is 14.7. The molecular formula is C39H56N2O5. The van der Waals surface area contributed by atoms with Gasteiger partial charge in [0.2, 0.25) is 0 Å². The molecule has 6 fully saturated rings. The standard InChI is InChI=1S/C39H56N2O5/c1-25-11-16-39(44-24-25)26(2)35-34(46-39)22-33-31-10-7-28-21-30(12-14-37(28,3)32(31)13-15-38(33,35)4)45-36(43)41-19-17-40(18-20-41)23-27-5-8-29(42)9-6-27/h5-9,25-26,30-35,42H,10-24H2,1-4H3/t25-,26+,30+,31-,32+,33+,34+,35+,37+,38+,39-/m1/s1. The molecule has 7 nitrogen and oxygen atoms in total. The van der Waals surface area contributed by atoms with Crippen molar-refractivity contribution < 1.29 is 24.1 Å². The van der Waals surface area contributed by atoms with Crippen LogP contribution in [-0.2, 0) is 20.8 Å². The van der Waals surface area contributed by atoms with Gasteiger partial charge in [-0.05, 0) is 103 Å². The first-order valence-corrected chi connectivity index (χ1v) is 18.5. The SMILES string of the molecule is C[C@@H]1CC[C@@]2(OC1)O[C@H]1C[C@H]3[C@@H]4CC=C5C[C@@H](OC(=O)N6CCN(Cc7ccc(O)cc7)CC6)CC[C@]5(C)[C@H]4CC[C@]3(C)[C@H]1[C@@H]2C. The number of amides is 1. The first-order chi connectivity index (χ1) is 22.1. The van der Waals surface area contributed by atoms with E-state index >= 15 is 0 Å². The minimum absolute atomic E-state index is 0.0123. The topological polar surface area (TPSA) is 71.5 Å². The molecule has 1 spiro atoms. The van der Waals surface area contributed by atoms with Gasteiger partial charge < -0.3 is 24.2 Å². The van der Waals surface area contributed by atoms with Crippen molar-refractivity contribution in [3.8, 4) is 5.75 Å². The molecule has 0 aromatic heterocycles. The summed E-state index contributed by atoms with van der Waals surface area (Å²) in [6.07, 6.45) is 13.0. The zero-order valence-corrected chi connectivity index (χ0v) is 28.6. The molecule has 1 N–H and O–H groups in total. The smallest absolute Gasteiger partial charge is 0.410 e. The summed E-state index contributed by atoms with van der Waals surface area (Å²) in [7, 11) is 0. The predicted molar refractivity (Wildman–Crippen MR) is 177 cm³/mol. The van der Waals surface area contributed by atoms with Crippen LogP contribution in [-0.4, -0.2) is 71.8 Å². The third-order valence-electron chi connectivity index (χ3n) is 14.6. The first kappa shape index (κ1) is 31.2. The molecule has 3 saturated heterocycles. The zero-order valence-electron chi connectivity index (χ0n) is 28.6. The van der Waals surface area contributed by atoms with Crippen molar-refractivity contribution in [1.82, 2.24) is 9.80 Å². The molecule has 3 heterocycles. The Hall–Kier alpha value is -2.09. The van der Waals surface area contributed by atoms with Crippen LogP contribution in [0.2, 0.25) is 0 Å². The van der Waals surface area contributed by atoms with Gasteiger partial charge in [-0.3, -0.25) is 4.90 Å². The van der Waals surface area contributed by atoms with Crippen LogP contribution in [0.3, 0.4) is 0 Å². The number of aromatic hydroxyl groups is 1. The number of hydrogen-bond acceptors (Lipinski definition) is 6. The second kappa shape index (κ2) is 11.5. The third kappa shape index (κ3) is 5.05. The average Bonchev–Trinajstić information content (AvgIpc) is 3.49. The molecule has 7 heteroatoms. The number of nitrogens with zero attached hydrogens (tertiary/aromatic N) is 2. The highest BCUT2D eigenvalue weighted by Gasteiger charge is 2.68. The lowest BCUT2D eigenvalue weighted by Gasteiger charge is -2.58. The van der Waals surface area contributed by atoms with E-state index in [1.165, 1.54) is 37.7 Å². The second-order valence-electron chi connectivity index (χ2n) is 17.0. The van der Waals surface area contributed by atoms with Crippen LogP contribution in [0.4, 0.5) is 4.79 Å². The molecule has 7 aliphatic rings. The fraction of sp³-hybridized carbons (Fsp3) is 0.769. The number of carbonyl (C=O) groups excluding carboxylic acids is 1. The van der Waals surface area contributed by atoms with Gasteiger partial charge in [0.15, 0.2) is 5.79 Å². The molecule has 11 atom stereocenters. The molecule has 46 heavy (non-hydrogen) atoms.